The van der Waals surface area contributed by atoms with Gasteiger partial charge in [-0.3, -0.25) is 9.78 Å². The number of likely N-dealkylation sites (N-methyl/N-ethyl adjacent to an activating group) is 1. The van der Waals surface area contributed by atoms with Crippen molar-refractivity contribution in [2.75, 3.05) is 27.2 Å². The van der Waals surface area contributed by atoms with Crippen molar-refractivity contribution in [1.82, 2.24) is 29.3 Å². The van der Waals surface area contributed by atoms with Crippen molar-refractivity contribution in [2.45, 2.75) is 12.5 Å². The fourth-order valence-electron chi connectivity index (χ4n) is 3.57. The van der Waals surface area contributed by atoms with Gasteiger partial charge in [-0.15, -0.1) is 0 Å². The zero-order valence-corrected chi connectivity index (χ0v) is 16.4. The van der Waals surface area contributed by atoms with Crippen LogP contribution < -0.4 is 0 Å². The van der Waals surface area contributed by atoms with E-state index in [1.807, 2.05) is 40.9 Å². The molecule has 0 N–H and O–H groups in total. The van der Waals surface area contributed by atoms with Gasteiger partial charge in [0, 0.05) is 73.9 Å². The second kappa shape index (κ2) is 7.52. The first kappa shape index (κ1) is 18.3. The van der Waals surface area contributed by atoms with Crippen LogP contribution in [0, 0.1) is 0 Å². The highest BCUT2D eigenvalue weighted by Crippen LogP contribution is 2.24. The van der Waals surface area contributed by atoms with Gasteiger partial charge in [0.15, 0.2) is 5.82 Å². The fourth-order valence-corrected chi connectivity index (χ4v) is 3.57. The molecule has 1 atom stereocenters. The normalized spacial score (nSPS) is 16.7. The van der Waals surface area contributed by atoms with Gasteiger partial charge in [0.25, 0.3) is 5.91 Å². The molecular weight excluding hydrogens is 352 g/mol. The van der Waals surface area contributed by atoms with E-state index in [0.717, 1.165) is 36.2 Å². The number of hydrogen-bond donors (Lipinski definition) is 0. The van der Waals surface area contributed by atoms with Crippen LogP contribution in [-0.4, -0.2) is 68.5 Å². The Morgan fingerprint density at radius 2 is 1.93 bits per heavy atom. The molecule has 3 aromatic heterocycles. The first-order valence-corrected chi connectivity index (χ1v) is 9.38. The fraction of sp³-hybridized carbons (Fsp3) is 0.333. The summed E-state index contributed by atoms with van der Waals surface area (Å²) in [6.45, 7) is 1.57. The van der Waals surface area contributed by atoms with Gasteiger partial charge in [0.1, 0.15) is 5.69 Å². The lowest BCUT2D eigenvalue weighted by Crippen LogP contribution is -2.35. The monoisotopic (exact) mass is 376 g/mol. The Hall–Kier alpha value is -3.06. The van der Waals surface area contributed by atoms with Gasteiger partial charge in [-0.1, -0.05) is 0 Å². The number of amides is 1. The second-order valence-corrected chi connectivity index (χ2v) is 7.42. The number of likely N-dealkylation sites (tertiary alicyclic amines) is 1. The third kappa shape index (κ3) is 3.53. The Kier molecular flexibility index (Phi) is 4.92. The number of hydrogen-bond acceptors (Lipinski definition) is 5. The second-order valence-electron chi connectivity index (χ2n) is 7.42. The number of rotatable bonds is 4. The first-order chi connectivity index (χ1) is 13.5. The lowest BCUT2D eigenvalue weighted by Gasteiger charge is -2.20. The van der Waals surface area contributed by atoms with Gasteiger partial charge in [-0.05, 0) is 38.7 Å². The van der Waals surface area contributed by atoms with E-state index in [1.165, 1.54) is 0 Å². The van der Waals surface area contributed by atoms with Crippen LogP contribution in [0.1, 0.15) is 16.9 Å². The van der Waals surface area contributed by atoms with E-state index in [9.17, 15) is 4.79 Å². The zero-order chi connectivity index (χ0) is 19.7. The van der Waals surface area contributed by atoms with Crippen LogP contribution in [0.4, 0.5) is 0 Å². The Balaban J connectivity index is 1.54. The Morgan fingerprint density at radius 3 is 2.57 bits per heavy atom. The van der Waals surface area contributed by atoms with Gasteiger partial charge in [-0.25, -0.2) is 9.97 Å². The topological polar surface area (TPSA) is 67.2 Å². The van der Waals surface area contributed by atoms with Gasteiger partial charge < -0.3 is 14.4 Å². The van der Waals surface area contributed by atoms with Crippen molar-refractivity contribution in [3.8, 4) is 22.5 Å². The minimum absolute atomic E-state index is 0.0750. The molecule has 0 saturated carbocycles. The van der Waals surface area contributed by atoms with Gasteiger partial charge in [0.05, 0.1) is 0 Å². The van der Waals surface area contributed by atoms with Crippen LogP contribution in [-0.2, 0) is 7.05 Å². The largest absolute Gasteiger partial charge is 0.346 e. The van der Waals surface area contributed by atoms with E-state index in [2.05, 4.69) is 33.9 Å². The van der Waals surface area contributed by atoms with Crippen LogP contribution in [0.3, 0.4) is 0 Å². The summed E-state index contributed by atoms with van der Waals surface area (Å²) in [6.07, 6.45) is 10.0. The molecule has 144 valence electrons. The van der Waals surface area contributed by atoms with Crippen LogP contribution in [0.25, 0.3) is 22.5 Å². The highest BCUT2D eigenvalue weighted by atomic mass is 16.2. The summed E-state index contributed by atoms with van der Waals surface area (Å²) in [5.41, 5.74) is 3.38. The van der Waals surface area contributed by atoms with Crippen molar-refractivity contribution in [1.29, 1.82) is 0 Å². The van der Waals surface area contributed by atoms with Gasteiger partial charge in [-0.2, -0.15) is 0 Å². The number of carbonyl (C=O) groups is 1. The third-order valence-corrected chi connectivity index (χ3v) is 5.31. The summed E-state index contributed by atoms with van der Waals surface area (Å²) in [6, 6.07) is 6.14. The molecule has 1 aliphatic heterocycles. The Morgan fingerprint density at radius 1 is 1.14 bits per heavy atom. The van der Waals surface area contributed by atoms with E-state index >= 15 is 0 Å². The molecule has 1 unspecified atom stereocenters. The lowest BCUT2D eigenvalue weighted by molar-refractivity contribution is 0.0773. The van der Waals surface area contributed by atoms with Gasteiger partial charge in [0.2, 0.25) is 0 Å². The molecule has 3 aromatic rings. The van der Waals surface area contributed by atoms with E-state index < -0.39 is 0 Å². The van der Waals surface area contributed by atoms with Crippen LogP contribution in [0.15, 0.2) is 49.2 Å². The average molecular weight is 376 g/mol. The summed E-state index contributed by atoms with van der Waals surface area (Å²) >= 11 is 0. The molecule has 0 aromatic carbocycles. The summed E-state index contributed by atoms with van der Waals surface area (Å²) in [5.74, 6) is 0.710. The molecule has 4 heterocycles. The number of nitrogens with zero attached hydrogens (tertiary/aromatic N) is 6. The van der Waals surface area contributed by atoms with E-state index in [0.29, 0.717) is 17.6 Å². The maximum atomic E-state index is 13.0. The van der Waals surface area contributed by atoms with E-state index in [-0.39, 0.29) is 5.91 Å². The van der Waals surface area contributed by atoms with Crippen LogP contribution >= 0.6 is 0 Å². The molecule has 0 aliphatic carbocycles. The lowest BCUT2D eigenvalue weighted by atomic mass is 10.1. The summed E-state index contributed by atoms with van der Waals surface area (Å²) in [5, 5.41) is 0. The predicted molar refractivity (Wildman–Crippen MR) is 108 cm³/mol. The van der Waals surface area contributed by atoms with Crippen LogP contribution in [0.5, 0.6) is 0 Å². The highest BCUT2D eigenvalue weighted by Gasteiger charge is 2.29. The molecule has 0 radical (unpaired) electrons. The maximum Gasteiger partial charge on any atom is 0.270 e. The Labute approximate surface area is 164 Å². The van der Waals surface area contributed by atoms with Crippen molar-refractivity contribution in [3.05, 3.63) is 54.9 Å². The van der Waals surface area contributed by atoms with Crippen molar-refractivity contribution in [3.63, 3.8) is 0 Å². The molecular formula is C21H24N6O. The predicted octanol–water partition coefficient (Wildman–Crippen LogP) is 2.32. The smallest absolute Gasteiger partial charge is 0.270 e. The summed E-state index contributed by atoms with van der Waals surface area (Å²) in [4.78, 5) is 30.1. The zero-order valence-electron chi connectivity index (χ0n) is 16.4. The molecule has 1 aliphatic rings. The average Bonchev–Trinajstić information content (AvgIpc) is 3.36. The maximum absolute atomic E-state index is 13.0. The molecule has 28 heavy (non-hydrogen) atoms. The van der Waals surface area contributed by atoms with Crippen molar-refractivity contribution >= 4 is 5.91 Å². The molecule has 1 fully saturated rings. The number of carbonyl (C=O) groups excluding carboxylic acids is 1. The minimum Gasteiger partial charge on any atom is -0.346 e. The molecule has 1 amide bonds. The molecule has 7 nitrogen and oxygen atoms in total. The molecule has 4 rings (SSSR count). The SMILES string of the molecule is CN(C)C1CCN(C(=O)c2cc(-c3cnc(-c4cccnc4)nc3)cn2C)C1. The van der Waals surface area contributed by atoms with Gasteiger partial charge >= 0.3 is 0 Å². The van der Waals surface area contributed by atoms with E-state index in [1.54, 1.807) is 24.8 Å². The van der Waals surface area contributed by atoms with Crippen molar-refractivity contribution < 1.29 is 4.79 Å². The minimum atomic E-state index is 0.0750. The third-order valence-electron chi connectivity index (χ3n) is 5.31. The number of pyridine rings is 1. The summed E-state index contributed by atoms with van der Waals surface area (Å²) in [7, 11) is 6.03. The van der Waals surface area contributed by atoms with Crippen molar-refractivity contribution in [2.24, 2.45) is 7.05 Å². The summed E-state index contributed by atoms with van der Waals surface area (Å²) < 4.78 is 1.88. The quantitative estimate of drug-likeness (QED) is 0.699. The Bertz CT molecular complexity index is 964. The molecule has 7 heteroatoms. The molecule has 0 bridgehead atoms. The number of aryl methyl sites for hydroxylation is 1. The first-order valence-electron chi connectivity index (χ1n) is 9.38. The molecule has 1 saturated heterocycles. The standard InChI is InChI=1S/C21H24N6O/c1-25(2)18-6-8-27(14-18)21(28)19-9-16(13-26(19)3)17-11-23-20(24-12-17)15-5-4-7-22-10-15/h4-5,7,9-13,18H,6,8,14H2,1-3H3. The molecule has 0 spiro atoms. The van der Waals surface area contributed by atoms with E-state index in [4.69, 9.17) is 0 Å². The number of aromatic nitrogens is 4. The van der Waals surface area contributed by atoms with Crippen LogP contribution in [0.2, 0.25) is 0 Å². The highest BCUT2D eigenvalue weighted by molar-refractivity contribution is 5.94.